The highest BCUT2D eigenvalue weighted by atomic mass is 16.5. The third-order valence-corrected chi connectivity index (χ3v) is 4.59. The number of piperazine rings is 1. The highest BCUT2D eigenvalue weighted by Gasteiger charge is 2.45. The Morgan fingerprint density at radius 1 is 1.26 bits per heavy atom. The van der Waals surface area contributed by atoms with Crippen molar-refractivity contribution in [1.29, 1.82) is 0 Å². The lowest BCUT2D eigenvalue weighted by Gasteiger charge is -2.45. The number of hydrogen-bond donors (Lipinski definition) is 1. The van der Waals surface area contributed by atoms with Gasteiger partial charge in [0.15, 0.2) is 0 Å². The van der Waals surface area contributed by atoms with Gasteiger partial charge in [0.05, 0.1) is 6.61 Å². The monoisotopic (exact) mass is 270 g/mol. The van der Waals surface area contributed by atoms with Gasteiger partial charge in [-0.1, -0.05) is 0 Å². The molecule has 1 N–H and O–H groups in total. The third-order valence-electron chi connectivity index (χ3n) is 4.59. The Balaban J connectivity index is 1.66. The second kappa shape index (κ2) is 7.02. The van der Waals surface area contributed by atoms with E-state index in [1.54, 1.807) is 7.11 Å². The standard InChI is InChI=1S/C15H30N2O2/c1-13-11-16-15(2,14-5-6-14)12-17(13)7-10-19-9-4-8-18-3/h13-14,16H,4-12H2,1-3H3. The summed E-state index contributed by atoms with van der Waals surface area (Å²) in [5.41, 5.74) is 0.336. The van der Waals surface area contributed by atoms with Crippen LogP contribution in [-0.4, -0.2) is 63.0 Å². The molecular formula is C15H30N2O2. The molecule has 1 aliphatic carbocycles. The fourth-order valence-electron chi connectivity index (χ4n) is 3.03. The largest absolute Gasteiger partial charge is 0.385 e. The highest BCUT2D eigenvalue weighted by molar-refractivity contribution is 5.03. The summed E-state index contributed by atoms with van der Waals surface area (Å²) in [6, 6.07) is 0.620. The van der Waals surface area contributed by atoms with Crippen LogP contribution < -0.4 is 5.32 Å². The summed E-state index contributed by atoms with van der Waals surface area (Å²) < 4.78 is 10.7. The van der Waals surface area contributed by atoms with Crippen LogP contribution in [-0.2, 0) is 9.47 Å². The van der Waals surface area contributed by atoms with Gasteiger partial charge in [-0.05, 0) is 39.0 Å². The van der Waals surface area contributed by atoms with Crippen molar-refractivity contribution < 1.29 is 9.47 Å². The number of nitrogens with one attached hydrogen (secondary N) is 1. The first-order chi connectivity index (χ1) is 9.15. The average molecular weight is 270 g/mol. The van der Waals surface area contributed by atoms with E-state index in [4.69, 9.17) is 9.47 Å². The molecule has 1 saturated carbocycles. The molecular weight excluding hydrogens is 240 g/mol. The lowest BCUT2D eigenvalue weighted by Crippen LogP contribution is -2.63. The molecule has 2 fully saturated rings. The molecule has 4 nitrogen and oxygen atoms in total. The van der Waals surface area contributed by atoms with Crippen molar-refractivity contribution in [3.8, 4) is 0 Å². The molecule has 19 heavy (non-hydrogen) atoms. The summed E-state index contributed by atoms with van der Waals surface area (Å²) in [6.07, 6.45) is 3.80. The fourth-order valence-corrected chi connectivity index (χ4v) is 3.03. The molecule has 0 spiro atoms. The molecule has 0 radical (unpaired) electrons. The van der Waals surface area contributed by atoms with E-state index in [-0.39, 0.29) is 0 Å². The van der Waals surface area contributed by atoms with Crippen molar-refractivity contribution in [3.63, 3.8) is 0 Å². The predicted octanol–water partition coefficient (Wildman–Crippen LogP) is 1.50. The zero-order chi connectivity index (χ0) is 13.7. The second-order valence-corrected chi connectivity index (χ2v) is 6.35. The molecule has 0 aromatic rings. The zero-order valence-electron chi connectivity index (χ0n) is 12.8. The van der Waals surface area contributed by atoms with E-state index < -0.39 is 0 Å². The van der Waals surface area contributed by atoms with Crippen molar-refractivity contribution in [1.82, 2.24) is 10.2 Å². The quantitative estimate of drug-likeness (QED) is 0.678. The molecule has 2 aliphatic rings. The van der Waals surface area contributed by atoms with Crippen LogP contribution in [0.3, 0.4) is 0 Å². The summed E-state index contributed by atoms with van der Waals surface area (Å²) in [5, 5.41) is 3.76. The van der Waals surface area contributed by atoms with Gasteiger partial charge < -0.3 is 14.8 Å². The van der Waals surface area contributed by atoms with Crippen LogP contribution in [0.5, 0.6) is 0 Å². The van der Waals surface area contributed by atoms with Crippen LogP contribution in [0.1, 0.15) is 33.1 Å². The van der Waals surface area contributed by atoms with E-state index in [1.807, 2.05) is 0 Å². The summed E-state index contributed by atoms with van der Waals surface area (Å²) in [4.78, 5) is 2.59. The Labute approximate surface area is 117 Å². The van der Waals surface area contributed by atoms with E-state index in [0.717, 1.165) is 45.2 Å². The maximum atomic E-state index is 5.69. The Kier molecular flexibility index (Phi) is 5.63. The van der Waals surface area contributed by atoms with Gasteiger partial charge in [0, 0.05) is 51.5 Å². The fraction of sp³-hybridized carbons (Fsp3) is 1.00. The normalized spacial score (nSPS) is 32.7. The van der Waals surface area contributed by atoms with E-state index in [9.17, 15) is 0 Å². The molecule has 2 atom stereocenters. The number of hydrogen-bond acceptors (Lipinski definition) is 4. The minimum Gasteiger partial charge on any atom is -0.385 e. The number of ether oxygens (including phenoxy) is 2. The maximum absolute atomic E-state index is 5.69. The van der Waals surface area contributed by atoms with Crippen LogP contribution in [0, 0.1) is 5.92 Å². The second-order valence-electron chi connectivity index (χ2n) is 6.35. The average Bonchev–Trinajstić information content (AvgIpc) is 3.22. The van der Waals surface area contributed by atoms with Crippen LogP contribution in [0.15, 0.2) is 0 Å². The van der Waals surface area contributed by atoms with Gasteiger partial charge in [0.2, 0.25) is 0 Å². The first-order valence-corrected chi connectivity index (χ1v) is 7.71. The van der Waals surface area contributed by atoms with Gasteiger partial charge in [-0.25, -0.2) is 0 Å². The molecule has 1 heterocycles. The van der Waals surface area contributed by atoms with Crippen molar-refractivity contribution in [2.45, 2.75) is 44.7 Å². The molecule has 1 saturated heterocycles. The molecule has 0 aromatic heterocycles. The minimum atomic E-state index is 0.336. The molecule has 1 aliphatic heterocycles. The van der Waals surface area contributed by atoms with E-state index in [2.05, 4.69) is 24.1 Å². The molecule has 2 rings (SSSR count). The van der Waals surface area contributed by atoms with Crippen LogP contribution >= 0.6 is 0 Å². The van der Waals surface area contributed by atoms with Crippen LogP contribution in [0.2, 0.25) is 0 Å². The highest BCUT2D eigenvalue weighted by Crippen LogP contribution is 2.41. The predicted molar refractivity (Wildman–Crippen MR) is 77.5 cm³/mol. The van der Waals surface area contributed by atoms with E-state index >= 15 is 0 Å². The maximum Gasteiger partial charge on any atom is 0.0593 e. The summed E-state index contributed by atoms with van der Waals surface area (Å²) in [6.45, 7) is 10.5. The molecule has 112 valence electrons. The molecule has 0 amide bonds. The van der Waals surface area contributed by atoms with Crippen LogP contribution in [0.25, 0.3) is 0 Å². The zero-order valence-corrected chi connectivity index (χ0v) is 12.8. The van der Waals surface area contributed by atoms with Crippen molar-refractivity contribution in [3.05, 3.63) is 0 Å². The van der Waals surface area contributed by atoms with E-state index in [1.165, 1.54) is 19.4 Å². The SMILES string of the molecule is COCCCOCCN1CC(C)(C2CC2)NCC1C. The van der Waals surface area contributed by atoms with Crippen molar-refractivity contribution >= 4 is 0 Å². The van der Waals surface area contributed by atoms with Gasteiger partial charge in [-0.2, -0.15) is 0 Å². The van der Waals surface area contributed by atoms with Gasteiger partial charge in [-0.15, -0.1) is 0 Å². The smallest absolute Gasteiger partial charge is 0.0593 e. The van der Waals surface area contributed by atoms with Gasteiger partial charge in [0.1, 0.15) is 0 Å². The van der Waals surface area contributed by atoms with Crippen molar-refractivity contribution in [2.75, 3.05) is 46.6 Å². The summed E-state index contributed by atoms with van der Waals surface area (Å²) in [7, 11) is 1.74. The molecule has 0 aromatic carbocycles. The Morgan fingerprint density at radius 3 is 2.74 bits per heavy atom. The van der Waals surface area contributed by atoms with Gasteiger partial charge >= 0.3 is 0 Å². The lowest BCUT2D eigenvalue weighted by molar-refractivity contribution is 0.0390. The Hall–Kier alpha value is -0.160. The minimum absolute atomic E-state index is 0.336. The molecule has 2 unspecified atom stereocenters. The van der Waals surface area contributed by atoms with Gasteiger partial charge in [0.25, 0.3) is 0 Å². The first-order valence-electron chi connectivity index (χ1n) is 7.71. The third kappa shape index (κ3) is 4.42. The van der Waals surface area contributed by atoms with Crippen LogP contribution in [0.4, 0.5) is 0 Å². The summed E-state index contributed by atoms with van der Waals surface area (Å²) >= 11 is 0. The van der Waals surface area contributed by atoms with Crippen molar-refractivity contribution in [2.24, 2.45) is 5.92 Å². The Morgan fingerprint density at radius 2 is 2.05 bits per heavy atom. The van der Waals surface area contributed by atoms with E-state index in [0.29, 0.717) is 11.6 Å². The number of rotatable bonds is 8. The number of nitrogens with zero attached hydrogens (tertiary/aromatic N) is 1. The number of methoxy groups -OCH3 is 1. The molecule has 4 heteroatoms. The van der Waals surface area contributed by atoms with Gasteiger partial charge in [-0.3, -0.25) is 4.90 Å². The summed E-state index contributed by atoms with van der Waals surface area (Å²) in [5.74, 6) is 0.894. The topological polar surface area (TPSA) is 33.7 Å². The first kappa shape index (κ1) is 15.2. The lowest BCUT2D eigenvalue weighted by atomic mass is 9.91. The Bertz CT molecular complexity index is 271. The molecule has 0 bridgehead atoms.